The minimum Gasteiger partial charge on any atom is -0.477 e. The Bertz CT molecular complexity index is 2030. The summed E-state index contributed by atoms with van der Waals surface area (Å²) in [6, 6.07) is 1.74. The maximum absolute atomic E-state index is 11.7. The standard InChI is InChI=1S/C10H12N2O8.2C9H12N2O6/c13-2-4-6(15)7(16)8(20-4)12-3(9(17)18)1-5(14)11-10(12)19;12-2-4-5(13)6(14)7(17-4)3-1-10-9(16)11-8(3)15;12-3-4-6(14)7(15)8(17-4)11-2-1-5(13)10-9(11)16/h1,4,6-8,13,15-16H,2H2,(H,17,18)(H,11,14,19);1,4-7,12-14H,2H2,(H2,10,11,15,16);1-2,4,6-8,12,14-15H,3H2,(H,10,13,16)/t4-,6-,7-,8-;4-,5-,6-,7+;4-,6-,7-,8-/m111/s1. The van der Waals surface area contributed by atoms with Gasteiger partial charge in [-0.05, 0) is 0 Å². The van der Waals surface area contributed by atoms with E-state index >= 15 is 0 Å². The zero-order valence-electron chi connectivity index (χ0n) is 27.3. The van der Waals surface area contributed by atoms with Crippen LogP contribution in [0.25, 0.3) is 0 Å². The Morgan fingerprint density at radius 3 is 1.69 bits per heavy atom. The van der Waals surface area contributed by atoms with Crippen LogP contribution >= 0.6 is 0 Å². The monoisotopic (exact) mass is 776 g/mol. The van der Waals surface area contributed by atoms with Gasteiger partial charge in [-0.25, -0.2) is 19.2 Å². The van der Waals surface area contributed by atoms with Crippen LogP contribution in [0.5, 0.6) is 0 Å². The summed E-state index contributed by atoms with van der Waals surface area (Å²) >= 11 is 0. The molecule has 0 radical (unpaired) electrons. The Hall–Kier alpha value is -4.97. The van der Waals surface area contributed by atoms with Gasteiger partial charge >= 0.3 is 23.0 Å². The number of H-pyrrole nitrogens is 4. The Balaban J connectivity index is 0.000000181. The van der Waals surface area contributed by atoms with E-state index in [9.17, 15) is 64.2 Å². The molecule has 0 saturated carbocycles. The molecule has 54 heavy (non-hydrogen) atoms. The number of carboxylic acid groups (broad SMARTS) is 1. The van der Waals surface area contributed by atoms with Crippen molar-refractivity contribution in [3.8, 4) is 0 Å². The average molecular weight is 777 g/mol. The Kier molecular flexibility index (Phi) is 13.5. The van der Waals surface area contributed by atoms with E-state index in [0.29, 0.717) is 10.6 Å². The molecule has 3 saturated heterocycles. The molecule has 3 fully saturated rings. The maximum atomic E-state index is 11.7. The van der Waals surface area contributed by atoms with Crippen LogP contribution in [-0.2, 0) is 14.2 Å². The molecule has 298 valence electrons. The number of carboxylic acids is 1. The number of aromatic amines is 4. The van der Waals surface area contributed by atoms with Crippen LogP contribution in [0.2, 0.25) is 0 Å². The minimum atomic E-state index is -1.63. The zero-order chi connectivity index (χ0) is 40.2. The van der Waals surface area contributed by atoms with E-state index in [1.54, 1.807) is 0 Å². The van der Waals surface area contributed by atoms with Gasteiger partial charge in [0.15, 0.2) is 12.5 Å². The van der Waals surface area contributed by atoms with Crippen molar-refractivity contribution < 1.29 is 70.1 Å². The minimum absolute atomic E-state index is 0.00731. The van der Waals surface area contributed by atoms with Gasteiger partial charge in [0.1, 0.15) is 66.7 Å². The number of aromatic nitrogens is 6. The van der Waals surface area contributed by atoms with Crippen molar-refractivity contribution in [3.05, 3.63) is 98.3 Å². The van der Waals surface area contributed by atoms with Crippen molar-refractivity contribution in [2.75, 3.05) is 19.8 Å². The number of carbonyl (C=O) groups is 1. The van der Waals surface area contributed by atoms with Gasteiger partial charge in [-0.3, -0.25) is 38.5 Å². The summed E-state index contributed by atoms with van der Waals surface area (Å²) in [5.74, 6) is -1.58. The molecule has 14 N–H and O–H groups in total. The first-order valence-corrected chi connectivity index (χ1v) is 15.6. The average Bonchev–Trinajstić information content (AvgIpc) is 3.69. The number of aromatic carboxylic acids is 1. The van der Waals surface area contributed by atoms with Crippen molar-refractivity contribution in [3.63, 3.8) is 0 Å². The van der Waals surface area contributed by atoms with Crippen LogP contribution in [0.15, 0.2) is 53.3 Å². The van der Waals surface area contributed by atoms with Crippen LogP contribution in [0.4, 0.5) is 0 Å². The molecular formula is C28H36N6O20. The largest absolute Gasteiger partial charge is 0.477 e. The molecular weight excluding hydrogens is 740 g/mol. The Labute approximate surface area is 297 Å². The summed E-state index contributed by atoms with van der Waals surface area (Å²) in [4.78, 5) is 86.5. The van der Waals surface area contributed by atoms with E-state index in [1.807, 2.05) is 15.0 Å². The second-order valence-electron chi connectivity index (χ2n) is 11.8. The molecule has 6 heterocycles. The van der Waals surface area contributed by atoms with Gasteiger partial charge in [0, 0.05) is 24.5 Å². The first-order chi connectivity index (χ1) is 25.4. The molecule has 0 amide bonds. The third-order valence-corrected chi connectivity index (χ3v) is 8.31. The number of aliphatic hydroxyl groups is 9. The number of nitrogens with zero attached hydrogens (tertiary/aromatic N) is 2. The van der Waals surface area contributed by atoms with Gasteiger partial charge in [0.25, 0.3) is 16.7 Å². The molecule has 0 unspecified atom stereocenters. The number of ether oxygens (including phenoxy) is 3. The van der Waals surface area contributed by atoms with Crippen molar-refractivity contribution in [2.45, 2.75) is 73.5 Å². The highest BCUT2D eigenvalue weighted by Gasteiger charge is 2.46. The number of rotatable bonds is 7. The van der Waals surface area contributed by atoms with Gasteiger partial charge < -0.3 is 70.3 Å². The second kappa shape index (κ2) is 17.4. The van der Waals surface area contributed by atoms with E-state index in [2.05, 4.69) is 4.98 Å². The summed E-state index contributed by atoms with van der Waals surface area (Å²) in [6.07, 6.45) is -12.9. The zero-order valence-corrected chi connectivity index (χ0v) is 27.3. The van der Waals surface area contributed by atoms with E-state index < -0.39 is 139 Å². The lowest BCUT2D eigenvalue weighted by molar-refractivity contribution is -0.0562. The lowest BCUT2D eigenvalue weighted by atomic mass is 10.0. The lowest BCUT2D eigenvalue weighted by Gasteiger charge is -2.19. The quantitative estimate of drug-likeness (QED) is 0.106. The summed E-state index contributed by atoms with van der Waals surface area (Å²) in [6.45, 7) is -1.59. The first-order valence-electron chi connectivity index (χ1n) is 15.6. The number of hydrogen-bond donors (Lipinski definition) is 14. The SMILES string of the molecule is O=C(O)c1cc(=O)[nH]c(=O)n1[C@@H]1O[C@H](CO)[C@@H](O)[C@H]1O.O=c1[nH]cc([C@@H]2O[C@H](CO)[C@@H](O)[C@H]2O)c(=O)[nH]1.O=c1ccn([C@@H]2O[C@H](CO)[C@@H](O)[C@H]2O)c(=O)[nH]1. The predicted molar refractivity (Wildman–Crippen MR) is 170 cm³/mol. The molecule has 26 nitrogen and oxygen atoms in total. The maximum Gasteiger partial charge on any atom is 0.352 e. The fourth-order valence-corrected chi connectivity index (χ4v) is 5.54. The van der Waals surface area contributed by atoms with E-state index in [1.165, 1.54) is 0 Å². The smallest absolute Gasteiger partial charge is 0.352 e. The molecule has 3 aromatic heterocycles. The van der Waals surface area contributed by atoms with E-state index in [0.717, 1.165) is 23.0 Å². The van der Waals surface area contributed by atoms with Crippen LogP contribution in [0, 0.1) is 0 Å². The fourth-order valence-electron chi connectivity index (χ4n) is 5.54. The molecule has 0 spiro atoms. The highest BCUT2D eigenvalue weighted by Crippen LogP contribution is 2.32. The third-order valence-electron chi connectivity index (χ3n) is 8.31. The second-order valence-corrected chi connectivity index (χ2v) is 11.8. The van der Waals surface area contributed by atoms with Gasteiger partial charge in [-0.15, -0.1) is 0 Å². The van der Waals surface area contributed by atoms with Gasteiger partial charge in [0.2, 0.25) is 0 Å². The lowest BCUT2D eigenvalue weighted by Crippen LogP contribution is -2.40. The topological polar surface area (TPSA) is 423 Å². The molecule has 0 aliphatic carbocycles. The van der Waals surface area contributed by atoms with Crippen LogP contribution in [0.1, 0.15) is 34.6 Å². The summed E-state index contributed by atoms with van der Waals surface area (Å²) in [7, 11) is 0. The van der Waals surface area contributed by atoms with Crippen molar-refractivity contribution in [1.29, 1.82) is 0 Å². The summed E-state index contributed by atoms with van der Waals surface area (Å²) < 4.78 is 16.8. The molecule has 3 aliphatic heterocycles. The van der Waals surface area contributed by atoms with E-state index in [4.69, 9.17) is 34.6 Å². The van der Waals surface area contributed by atoms with Gasteiger partial charge in [-0.2, -0.15) is 0 Å². The molecule has 26 heteroatoms. The molecule has 3 aromatic rings. The van der Waals surface area contributed by atoms with Crippen molar-refractivity contribution in [2.24, 2.45) is 0 Å². The van der Waals surface area contributed by atoms with E-state index in [-0.39, 0.29) is 5.56 Å². The first kappa shape index (κ1) is 41.8. The fraction of sp³-hybridized carbons (Fsp3) is 0.536. The van der Waals surface area contributed by atoms with Crippen LogP contribution in [0.3, 0.4) is 0 Å². The van der Waals surface area contributed by atoms with Crippen LogP contribution < -0.4 is 33.7 Å². The number of hydrogen-bond acceptors (Lipinski definition) is 19. The van der Waals surface area contributed by atoms with Gasteiger partial charge in [0.05, 0.1) is 25.4 Å². The predicted octanol–water partition coefficient (Wildman–Crippen LogP) is -8.79. The number of aliphatic hydroxyl groups excluding tert-OH is 9. The molecule has 0 aromatic carbocycles. The van der Waals surface area contributed by atoms with Crippen molar-refractivity contribution >= 4 is 5.97 Å². The third kappa shape index (κ3) is 8.70. The molecule has 6 rings (SSSR count). The summed E-state index contributed by atoms with van der Waals surface area (Å²) in [5.41, 5.74) is -5.44. The normalized spacial score (nSPS) is 31.6. The van der Waals surface area contributed by atoms with Crippen molar-refractivity contribution in [1.82, 2.24) is 29.1 Å². The number of nitrogens with one attached hydrogen (secondary N) is 4. The molecule has 12 atom stereocenters. The van der Waals surface area contributed by atoms with Gasteiger partial charge in [-0.1, -0.05) is 0 Å². The Morgan fingerprint density at radius 1 is 0.667 bits per heavy atom. The molecule has 3 aliphatic rings. The Morgan fingerprint density at radius 2 is 1.19 bits per heavy atom. The highest BCUT2D eigenvalue weighted by atomic mass is 16.6. The summed E-state index contributed by atoms with van der Waals surface area (Å²) in [5, 5.41) is 93.5. The van der Waals surface area contributed by atoms with Crippen LogP contribution in [-0.4, -0.2) is 161 Å². The highest BCUT2D eigenvalue weighted by molar-refractivity contribution is 5.85. The molecule has 0 bridgehead atoms.